The van der Waals surface area contributed by atoms with Gasteiger partial charge in [-0.05, 0) is 0 Å². The Labute approximate surface area is 47.5 Å². The van der Waals surface area contributed by atoms with Crippen molar-refractivity contribution in [3.8, 4) is 0 Å². The van der Waals surface area contributed by atoms with Crippen LogP contribution in [0.5, 0.6) is 0 Å². The van der Waals surface area contributed by atoms with E-state index in [1.54, 1.807) is 0 Å². The standard InChI is InChI=1S/C5H10.Cr/c1-3-5-4-2;/h1H,3-5H2,2H3;. The molecule has 0 fully saturated rings. The number of hydrogen-bond acceptors (Lipinski definition) is 0. The second-order valence-electron chi connectivity index (χ2n) is 1.31. The van der Waals surface area contributed by atoms with E-state index in [0.29, 0.717) is 0 Å². The van der Waals surface area contributed by atoms with E-state index in [9.17, 15) is 0 Å². The Morgan fingerprint density at radius 2 is 2.33 bits per heavy atom. The molecule has 0 spiro atoms. The van der Waals surface area contributed by atoms with E-state index in [4.69, 9.17) is 0 Å². The van der Waals surface area contributed by atoms with Crippen LogP contribution in [0.4, 0.5) is 0 Å². The van der Waals surface area contributed by atoms with Crippen molar-refractivity contribution in [2.24, 2.45) is 0 Å². The van der Waals surface area contributed by atoms with Gasteiger partial charge in [0.1, 0.15) is 0 Å². The molecule has 0 N–H and O–H groups in total. The molecule has 0 atom stereocenters. The third-order valence-electron chi connectivity index (χ3n) is 0.676. The molecule has 0 aliphatic rings. The fraction of sp³-hybridized carbons (Fsp3) is 0.800. The number of hydrogen-bond donors (Lipinski definition) is 0. The molecule has 0 radical (unpaired) electrons. The first-order valence-corrected chi connectivity index (χ1v) is 3.09. The zero-order valence-corrected chi connectivity index (χ0v) is 5.38. The van der Waals surface area contributed by atoms with Gasteiger partial charge in [-0.2, -0.15) is 0 Å². The summed E-state index contributed by atoms with van der Waals surface area (Å²) in [4.78, 5) is 2.09. The molecular formula is C5H10Cr. The van der Waals surface area contributed by atoms with Gasteiger partial charge < -0.3 is 0 Å². The molecule has 0 unspecified atom stereocenters. The van der Waals surface area contributed by atoms with Crippen LogP contribution < -0.4 is 0 Å². The second kappa shape index (κ2) is 5.40. The fourth-order valence-corrected chi connectivity index (χ4v) is 0.548. The Kier molecular flexibility index (Phi) is 5.76. The summed E-state index contributed by atoms with van der Waals surface area (Å²) in [6.07, 6.45) is 3.86. The molecule has 6 heavy (non-hydrogen) atoms. The third-order valence-corrected chi connectivity index (χ3v) is 1.04. The molecule has 0 saturated heterocycles. The molecule has 0 bridgehead atoms. The average molecular weight is 122 g/mol. The number of unbranched alkanes of at least 4 members (excludes halogenated alkanes) is 2. The van der Waals surface area contributed by atoms with E-state index in [1.807, 2.05) is 0 Å². The molecule has 0 aliphatic heterocycles. The van der Waals surface area contributed by atoms with E-state index < -0.39 is 0 Å². The Hall–Kier alpha value is 0.402. The van der Waals surface area contributed by atoms with E-state index in [0.717, 1.165) is 0 Å². The van der Waals surface area contributed by atoms with Crippen LogP contribution in [0.25, 0.3) is 0 Å². The summed E-state index contributed by atoms with van der Waals surface area (Å²) in [5.41, 5.74) is 0. The molecule has 36 valence electrons. The molecule has 0 heterocycles. The molecule has 0 aromatic heterocycles. The molecule has 0 aromatic rings. The van der Waals surface area contributed by atoms with Gasteiger partial charge in [-0.25, -0.2) is 0 Å². The third kappa shape index (κ3) is 4.40. The van der Waals surface area contributed by atoms with Crippen molar-refractivity contribution in [2.45, 2.75) is 26.2 Å². The maximum atomic E-state index is 2.85. The zero-order valence-electron chi connectivity index (χ0n) is 4.11. The molecule has 0 amide bonds. The summed E-state index contributed by atoms with van der Waals surface area (Å²) >= 11 is 2.85. The Morgan fingerprint density at radius 3 is 2.50 bits per heavy atom. The van der Waals surface area contributed by atoms with Crippen LogP contribution in [0.15, 0.2) is 0 Å². The van der Waals surface area contributed by atoms with Gasteiger partial charge in [0.15, 0.2) is 0 Å². The molecule has 0 nitrogen and oxygen atoms in total. The maximum absolute atomic E-state index is 2.85. The fourth-order valence-electron chi connectivity index (χ4n) is 0.287. The van der Waals surface area contributed by atoms with Gasteiger partial charge in [-0.1, -0.05) is 0 Å². The van der Waals surface area contributed by atoms with Crippen LogP contribution in [-0.2, 0) is 15.9 Å². The van der Waals surface area contributed by atoms with Gasteiger partial charge in [0.2, 0.25) is 0 Å². The van der Waals surface area contributed by atoms with Crippen molar-refractivity contribution in [1.82, 2.24) is 0 Å². The Morgan fingerprint density at radius 1 is 1.67 bits per heavy atom. The summed E-state index contributed by atoms with van der Waals surface area (Å²) in [6.45, 7) is 2.20. The summed E-state index contributed by atoms with van der Waals surface area (Å²) in [6, 6.07) is 0. The van der Waals surface area contributed by atoms with Crippen LogP contribution in [0, 0.1) is 0 Å². The van der Waals surface area contributed by atoms with Crippen molar-refractivity contribution in [3.05, 3.63) is 0 Å². The molecule has 0 saturated carbocycles. The Balaban J connectivity index is 2.49. The summed E-state index contributed by atoms with van der Waals surface area (Å²) in [7, 11) is 0. The first kappa shape index (κ1) is 6.40. The average Bonchev–Trinajstić information content (AvgIpc) is 1.61. The van der Waals surface area contributed by atoms with Crippen LogP contribution in [0.2, 0.25) is 0 Å². The van der Waals surface area contributed by atoms with Gasteiger partial charge in [0.25, 0.3) is 0 Å². The van der Waals surface area contributed by atoms with Crippen LogP contribution in [0.1, 0.15) is 26.2 Å². The van der Waals surface area contributed by atoms with Gasteiger partial charge in [-0.3, -0.25) is 0 Å². The minimum atomic E-state index is 1.23. The molecule has 0 aromatic carbocycles. The molecule has 1 heteroatoms. The SMILES string of the molecule is CCCC[CH]=[Cr]. The zero-order chi connectivity index (χ0) is 4.83. The Bertz CT molecular complexity index is 32.9. The van der Waals surface area contributed by atoms with E-state index in [-0.39, 0.29) is 0 Å². The van der Waals surface area contributed by atoms with Crippen LogP contribution >= 0.6 is 0 Å². The summed E-state index contributed by atoms with van der Waals surface area (Å²) in [5.74, 6) is 0. The van der Waals surface area contributed by atoms with Crippen molar-refractivity contribution in [2.75, 3.05) is 0 Å². The van der Waals surface area contributed by atoms with E-state index in [2.05, 4.69) is 27.7 Å². The van der Waals surface area contributed by atoms with Crippen molar-refractivity contribution in [3.63, 3.8) is 0 Å². The van der Waals surface area contributed by atoms with Crippen molar-refractivity contribution < 1.29 is 15.9 Å². The first-order valence-electron chi connectivity index (χ1n) is 2.35. The normalized spacial score (nSPS) is 8.17. The minimum absolute atomic E-state index is 1.23. The van der Waals surface area contributed by atoms with E-state index in [1.165, 1.54) is 19.3 Å². The molecule has 0 aliphatic carbocycles. The second-order valence-corrected chi connectivity index (χ2v) is 1.83. The summed E-state index contributed by atoms with van der Waals surface area (Å²) < 4.78 is 0. The predicted octanol–water partition coefficient (Wildman–Crippen LogP) is 1.53. The number of rotatable bonds is 3. The van der Waals surface area contributed by atoms with E-state index >= 15 is 0 Å². The molecule has 0 rings (SSSR count). The quantitative estimate of drug-likeness (QED) is 0.498. The van der Waals surface area contributed by atoms with Crippen molar-refractivity contribution >= 4 is 4.88 Å². The molecular weight excluding hydrogens is 112 g/mol. The predicted molar refractivity (Wildman–Crippen MR) is 25.6 cm³/mol. The topological polar surface area (TPSA) is 0 Å². The summed E-state index contributed by atoms with van der Waals surface area (Å²) in [5, 5.41) is 0. The van der Waals surface area contributed by atoms with Crippen LogP contribution in [-0.4, -0.2) is 4.88 Å². The monoisotopic (exact) mass is 122 g/mol. The van der Waals surface area contributed by atoms with Gasteiger partial charge in [-0.15, -0.1) is 0 Å². The van der Waals surface area contributed by atoms with Gasteiger partial charge in [0, 0.05) is 0 Å². The van der Waals surface area contributed by atoms with Crippen LogP contribution in [0.3, 0.4) is 0 Å². The van der Waals surface area contributed by atoms with Crippen molar-refractivity contribution in [1.29, 1.82) is 0 Å². The van der Waals surface area contributed by atoms with Gasteiger partial charge >= 0.3 is 46.9 Å². The first-order chi connectivity index (χ1) is 2.91. The van der Waals surface area contributed by atoms with Gasteiger partial charge in [0.05, 0.1) is 0 Å².